The Morgan fingerprint density at radius 2 is 2.20 bits per heavy atom. The Balaban J connectivity index is 2.31. The summed E-state index contributed by atoms with van der Waals surface area (Å²) in [5.41, 5.74) is -0.210. The van der Waals surface area contributed by atoms with Crippen molar-refractivity contribution >= 4 is 17.4 Å². The van der Waals surface area contributed by atoms with Crippen molar-refractivity contribution in [2.24, 2.45) is 0 Å². The third kappa shape index (κ3) is 3.17. The van der Waals surface area contributed by atoms with Crippen LogP contribution >= 0.6 is 11.6 Å². The maximum absolute atomic E-state index is 12.7. The van der Waals surface area contributed by atoms with E-state index < -0.39 is 0 Å². The largest absolute Gasteiger partial charge is 0.349 e. The second kappa shape index (κ2) is 6.17. The molecule has 0 N–H and O–H groups in total. The highest BCUT2D eigenvalue weighted by molar-refractivity contribution is 6.17. The monoisotopic (exact) mass is 297 g/mol. The molecule has 0 radical (unpaired) electrons. The van der Waals surface area contributed by atoms with Gasteiger partial charge in [-0.1, -0.05) is 0 Å². The van der Waals surface area contributed by atoms with E-state index in [1.165, 1.54) is 0 Å². The van der Waals surface area contributed by atoms with Crippen LogP contribution in [0.2, 0.25) is 0 Å². The van der Waals surface area contributed by atoms with Gasteiger partial charge >= 0.3 is 0 Å². The fourth-order valence-corrected chi connectivity index (χ4v) is 3.01. The van der Waals surface area contributed by atoms with Crippen LogP contribution in [0.4, 0.5) is 5.82 Å². The summed E-state index contributed by atoms with van der Waals surface area (Å²) in [4.78, 5) is 19.2. The van der Waals surface area contributed by atoms with E-state index in [1.54, 1.807) is 17.0 Å². The Labute approximate surface area is 125 Å². The van der Waals surface area contributed by atoms with E-state index in [1.807, 2.05) is 20.8 Å². The summed E-state index contributed by atoms with van der Waals surface area (Å²) < 4.78 is 1.77. The molecule has 112 valence electrons. The first kappa shape index (κ1) is 15.4. The predicted molar refractivity (Wildman–Crippen MR) is 83.8 cm³/mol. The molecule has 1 aliphatic rings. The standard InChI is InChI=1S/C15H24ClN3O/c1-15(2,3)19-11-9-17-13(14(19)20)18-10-5-7-12(18)6-4-8-16/h9,11-12H,4-8,10H2,1-3H3. The molecule has 0 saturated carbocycles. The van der Waals surface area contributed by atoms with Gasteiger partial charge in [0.05, 0.1) is 0 Å². The molecule has 4 nitrogen and oxygen atoms in total. The highest BCUT2D eigenvalue weighted by Crippen LogP contribution is 2.25. The first-order valence-electron chi connectivity index (χ1n) is 7.36. The second-order valence-electron chi connectivity index (χ2n) is 6.42. The summed E-state index contributed by atoms with van der Waals surface area (Å²) in [7, 11) is 0. The maximum Gasteiger partial charge on any atom is 0.293 e. The molecule has 1 saturated heterocycles. The number of alkyl halides is 1. The minimum Gasteiger partial charge on any atom is -0.349 e. The zero-order valence-electron chi connectivity index (χ0n) is 12.6. The molecule has 2 heterocycles. The van der Waals surface area contributed by atoms with Crippen LogP contribution in [0.5, 0.6) is 0 Å². The van der Waals surface area contributed by atoms with Crippen molar-refractivity contribution in [3.05, 3.63) is 22.7 Å². The second-order valence-corrected chi connectivity index (χ2v) is 6.80. The summed E-state index contributed by atoms with van der Waals surface area (Å²) in [5.74, 6) is 1.28. The van der Waals surface area contributed by atoms with Crippen molar-refractivity contribution in [1.29, 1.82) is 0 Å². The van der Waals surface area contributed by atoms with E-state index in [4.69, 9.17) is 11.6 Å². The fraction of sp³-hybridized carbons (Fsp3) is 0.733. The third-order valence-corrected chi connectivity index (χ3v) is 4.13. The zero-order chi connectivity index (χ0) is 14.8. The first-order valence-corrected chi connectivity index (χ1v) is 7.89. The summed E-state index contributed by atoms with van der Waals surface area (Å²) in [6.45, 7) is 7.02. The van der Waals surface area contributed by atoms with E-state index >= 15 is 0 Å². The number of hydrogen-bond acceptors (Lipinski definition) is 3. The minimum atomic E-state index is -0.222. The van der Waals surface area contributed by atoms with Crippen molar-refractivity contribution in [3.63, 3.8) is 0 Å². The third-order valence-electron chi connectivity index (χ3n) is 3.87. The van der Waals surface area contributed by atoms with Crippen molar-refractivity contribution < 1.29 is 0 Å². The van der Waals surface area contributed by atoms with Gasteiger partial charge in [-0.05, 0) is 46.5 Å². The van der Waals surface area contributed by atoms with E-state index in [9.17, 15) is 4.79 Å². The van der Waals surface area contributed by atoms with Crippen LogP contribution in [0.3, 0.4) is 0 Å². The number of aromatic nitrogens is 2. The molecule has 0 spiro atoms. The lowest BCUT2D eigenvalue weighted by Gasteiger charge is -2.28. The lowest BCUT2D eigenvalue weighted by molar-refractivity contribution is 0.382. The van der Waals surface area contributed by atoms with Gasteiger partial charge in [0.2, 0.25) is 0 Å². The van der Waals surface area contributed by atoms with Gasteiger partial charge in [-0.15, -0.1) is 11.6 Å². The molecule has 0 aromatic carbocycles. The highest BCUT2D eigenvalue weighted by Gasteiger charge is 2.28. The van der Waals surface area contributed by atoms with Gasteiger partial charge in [0.1, 0.15) is 0 Å². The highest BCUT2D eigenvalue weighted by atomic mass is 35.5. The van der Waals surface area contributed by atoms with Gasteiger partial charge in [0.15, 0.2) is 5.82 Å². The molecule has 0 amide bonds. The van der Waals surface area contributed by atoms with E-state index in [2.05, 4.69) is 9.88 Å². The maximum atomic E-state index is 12.7. The molecule has 1 unspecified atom stereocenters. The molecule has 2 rings (SSSR count). The Hall–Kier alpha value is -1.03. The Morgan fingerprint density at radius 1 is 1.45 bits per heavy atom. The van der Waals surface area contributed by atoms with Gasteiger partial charge in [-0.2, -0.15) is 0 Å². The molecule has 1 aliphatic heterocycles. The molecule has 5 heteroatoms. The first-order chi connectivity index (χ1) is 9.45. The summed E-state index contributed by atoms with van der Waals surface area (Å²) in [6.07, 6.45) is 7.79. The molecule has 1 aromatic rings. The van der Waals surface area contributed by atoms with Crippen molar-refractivity contribution in [1.82, 2.24) is 9.55 Å². The fourth-order valence-electron chi connectivity index (χ4n) is 2.85. The van der Waals surface area contributed by atoms with Gasteiger partial charge in [0, 0.05) is 36.4 Å². The minimum absolute atomic E-state index is 0.0118. The summed E-state index contributed by atoms with van der Waals surface area (Å²) >= 11 is 5.79. The number of anilines is 1. The lowest BCUT2D eigenvalue weighted by Crippen LogP contribution is -2.40. The molecule has 0 aliphatic carbocycles. The van der Waals surface area contributed by atoms with Gasteiger partial charge in [-0.3, -0.25) is 4.79 Å². The van der Waals surface area contributed by atoms with E-state index in [0.717, 1.165) is 32.2 Å². The van der Waals surface area contributed by atoms with Crippen LogP contribution < -0.4 is 10.5 Å². The quantitative estimate of drug-likeness (QED) is 0.802. The lowest BCUT2D eigenvalue weighted by atomic mass is 10.1. The molecular weight excluding hydrogens is 274 g/mol. The van der Waals surface area contributed by atoms with Crippen LogP contribution in [0.1, 0.15) is 46.5 Å². The molecule has 1 atom stereocenters. The SMILES string of the molecule is CC(C)(C)n1ccnc(N2CCCC2CCCCl)c1=O. The van der Waals surface area contributed by atoms with Crippen LogP contribution in [0.15, 0.2) is 17.2 Å². The summed E-state index contributed by atoms with van der Waals surface area (Å²) in [5, 5.41) is 0. The molecule has 1 fully saturated rings. The van der Waals surface area contributed by atoms with Crippen molar-refractivity contribution in [2.45, 2.75) is 58.0 Å². The van der Waals surface area contributed by atoms with E-state index in [-0.39, 0.29) is 11.1 Å². The van der Waals surface area contributed by atoms with Gasteiger partial charge in [-0.25, -0.2) is 4.98 Å². The number of hydrogen-bond donors (Lipinski definition) is 0. The Morgan fingerprint density at radius 3 is 2.85 bits per heavy atom. The molecular formula is C15H24ClN3O. The smallest absolute Gasteiger partial charge is 0.293 e. The molecule has 20 heavy (non-hydrogen) atoms. The van der Waals surface area contributed by atoms with E-state index in [0.29, 0.717) is 17.7 Å². The van der Waals surface area contributed by atoms with Crippen molar-refractivity contribution in [2.75, 3.05) is 17.3 Å². The Kier molecular flexibility index (Phi) is 4.74. The van der Waals surface area contributed by atoms with Crippen molar-refractivity contribution in [3.8, 4) is 0 Å². The number of halogens is 1. The average molecular weight is 298 g/mol. The van der Waals surface area contributed by atoms with Crippen LogP contribution in [0, 0.1) is 0 Å². The van der Waals surface area contributed by atoms with Crippen LogP contribution in [0.25, 0.3) is 0 Å². The normalized spacial score (nSPS) is 19.6. The zero-order valence-corrected chi connectivity index (χ0v) is 13.4. The molecule has 1 aromatic heterocycles. The number of nitrogens with zero attached hydrogens (tertiary/aromatic N) is 3. The van der Waals surface area contributed by atoms with Gasteiger partial charge < -0.3 is 9.47 Å². The summed E-state index contributed by atoms with van der Waals surface area (Å²) in [6, 6.07) is 0.407. The van der Waals surface area contributed by atoms with Crippen LogP contribution in [-0.4, -0.2) is 28.0 Å². The van der Waals surface area contributed by atoms with Gasteiger partial charge in [0.25, 0.3) is 5.56 Å². The molecule has 0 bridgehead atoms. The average Bonchev–Trinajstić information content (AvgIpc) is 2.83. The predicted octanol–water partition coefficient (Wildman–Crippen LogP) is 2.99. The number of rotatable bonds is 4. The van der Waals surface area contributed by atoms with Crippen LogP contribution in [-0.2, 0) is 5.54 Å². The topological polar surface area (TPSA) is 38.1 Å². The Bertz CT molecular complexity index is 507.